The molecule has 2 aromatic heterocycles. The number of hydrogen-bond donors (Lipinski definition) is 2. The topological polar surface area (TPSA) is 88.7 Å². The summed E-state index contributed by atoms with van der Waals surface area (Å²) in [5, 5.41) is 5.08. The van der Waals surface area contributed by atoms with Gasteiger partial charge in [-0.2, -0.15) is 0 Å². The zero-order valence-corrected chi connectivity index (χ0v) is 19.6. The van der Waals surface area contributed by atoms with E-state index < -0.39 is 0 Å². The molecule has 2 N–H and O–H groups in total. The molecule has 1 aromatic carbocycles. The van der Waals surface area contributed by atoms with Gasteiger partial charge in [0, 0.05) is 41.7 Å². The highest BCUT2D eigenvalue weighted by atomic mass is 32.1. The van der Waals surface area contributed by atoms with Crippen LogP contribution >= 0.6 is 11.3 Å². The first kappa shape index (κ1) is 21.1. The highest BCUT2D eigenvalue weighted by Crippen LogP contribution is 2.36. The van der Waals surface area contributed by atoms with E-state index >= 15 is 0 Å². The molecule has 3 aromatic rings. The molecule has 170 valence electrons. The van der Waals surface area contributed by atoms with Crippen molar-refractivity contribution in [2.24, 2.45) is 0 Å². The van der Waals surface area contributed by atoms with E-state index in [0.717, 1.165) is 46.0 Å². The summed E-state index contributed by atoms with van der Waals surface area (Å²) in [6.07, 6.45) is 3.57. The molecule has 8 nitrogen and oxygen atoms in total. The van der Waals surface area contributed by atoms with Gasteiger partial charge in [0.05, 0.1) is 39.2 Å². The van der Waals surface area contributed by atoms with Gasteiger partial charge in [0.25, 0.3) is 5.91 Å². The van der Waals surface area contributed by atoms with Gasteiger partial charge in [0.2, 0.25) is 0 Å². The Bertz CT molecular complexity index is 1170. The predicted octanol–water partition coefficient (Wildman–Crippen LogP) is 3.15. The van der Waals surface area contributed by atoms with E-state index in [1.54, 1.807) is 14.2 Å². The third kappa shape index (κ3) is 3.69. The molecule has 0 aliphatic carbocycles. The summed E-state index contributed by atoms with van der Waals surface area (Å²) in [6.45, 7) is 6.08. The molecule has 0 bridgehead atoms. The van der Waals surface area contributed by atoms with Crippen molar-refractivity contribution in [1.82, 2.24) is 15.3 Å². The second-order valence-corrected chi connectivity index (χ2v) is 9.96. The van der Waals surface area contributed by atoms with E-state index in [9.17, 15) is 4.79 Å². The van der Waals surface area contributed by atoms with Gasteiger partial charge in [-0.3, -0.25) is 4.79 Å². The van der Waals surface area contributed by atoms with Crippen LogP contribution in [0.2, 0.25) is 0 Å². The minimum Gasteiger partial charge on any atom is -0.493 e. The number of fused-ring (bicyclic) bond motifs is 2. The van der Waals surface area contributed by atoms with Gasteiger partial charge >= 0.3 is 0 Å². The number of benzene rings is 1. The van der Waals surface area contributed by atoms with Crippen LogP contribution in [0.15, 0.2) is 18.3 Å². The van der Waals surface area contributed by atoms with E-state index in [1.807, 2.05) is 32.2 Å². The van der Waals surface area contributed by atoms with E-state index in [0.29, 0.717) is 24.7 Å². The summed E-state index contributed by atoms with van der Waals surface area (Å²) < 4.78 is 16.8. The molecule has 0 spiro atoms. The van der Waals surface area contributed by atoms with Crippen molar-refractivity contribution in [1.29, 1.82) is 0 Å². The minimum atomic E-state index is -0.274. The molecule has 0 saturated carbocycles. The maximum Gasteiger partial charge on any atom is 0.263 e. The number of hydrogen-bond acceptors (Lipinski definition) is 7. The fourth-order valence-electron chi connectivity index (χ4n) is 4.59. The summed E-state index contributed by atoms with van der Waals surface area (Å²) in [6, 6.07) is 4.10. The van der Waals surface area contributed by atoms with Gasteiger partial charge in [-0.15, -0.1) is 0 Å². The zero-order valence-electron chi connectivity index (χ0n) is 18.8. The first-order chi connectivity index (χ1) is 15.4. The van der Waals surface area contributed by atoms with Gasteiger partial charge in [-0.05, 0) is 31.9 Å². The van der Waals surface area contributed by atoms with Gasteiger partial charge in [-0.1, -0.05) is 11.3 Å². The Morgan fingerprint density at radius 1 is 1.28 bits per heavy atom. The summed E-state index contributed by atoms with van der Waals surface area (Å²) in [4.78, 5) is 23.9. The molecular weight excluding hydrogens is 428 g/mol. The van der Waals surface area contributed by atoms with Crippen molar-refractivity contribution in [2.75, 3.05) is 38.9 Å². The first-order valence-corrected chi connectivity index (χ1v) is 11.6. The first-order valence-electron chi connectivity index (χ1n) is 10.8. The van der Waals surface area contributed by atoms with Crippen LogP contribution in [0.1, 0.15) is 34.8 Å². The van der Waals surface area contributed by atoms with Crippen molar-refractivity contribution in [3.8, 4) is 11.5 Å². The molecule has 2 aliphatic heterocycles. The fourth-order valence-corrected chi connectivity index (χ4v) is 5.67. The molecule has 5 rings (SSSR count). The smallest absolute Gasteiger partial charge is 0.263 e. The van der Waals surface area contributed by atoms with Crippen LogP contribution < -0.4 is 19.7 Å². The highest BCUT2D eigenvalue weighted by molar-refractivity contribution is 7.17. The monoisotopic (exact) mass is 456 g/mol. The van der Waals surface area contributed by atoms with E-state index in [1.165, 1.54) is 16.9 Å². The van der Waals surface area contributed by atoms with E-state index in [-0.39, 0.29) is 17.5 Å². The number of nitrogens with zero attached hydrogens (tertiary/aromatic N) is 2. The second-order valence-electron chi connectivity index (χ2n) is 8.98. The van der Waals surface area contributed by atoms with Crippen LogP contribution in [-0.4, -0.2) is 61.4 Å². The van der Waals surface area contributed by atoms with Crippen molar-refractivity contribution >= 4 is 33.3 Å². The maximum atomic E-state index is 12.6. The van der Waals surface area contributed by atoms with Crippen LogP contribution in [0.25, 0.3) is 10.9 Å². The lowest BCUT2D eigenvalue weighted by Gasteiger charge is -2.35. The molecule has 0 radical (unpaired) electrons. The standard InChI is InChI=1S/C23H28N4O4S/c1-23(2)10-17-20(21(28)26-23)32-22(25-17)27-5-6-31-12-14(27)7-13-11-24-16-9-19(30-4)18(29-3)8-15(13)16/h8-9,11,14,24H,5-7,10,12H2,1-4H3,(H,26,28)/t14-/m0/s1. The van der Waals surface area contributed by atoms with Gasteiger partial charge < -0.3 is 29.4 Å². The second kappa shape index (κ2) is 7.97. The molecular formula is C23H28N4O4S. The molecule has 32 heavy (non-hydrogen) atoms. The Morgan fingerprint density at radius 3 is 2.84 bits per heavy atom. The number of aromatic nitrogens is 2. The fraction of sp³-hybridized carbons (Fsp3) is 0.478. The van der Waals surface area contributed by atoms with Crippen molar-refractivity contribution in [3.63, 3.8) is 0 Å². The molecule has 1 fully saturated rings. The molecule has 1 amide bonds. The Morgan fingerprint density at radius 2 is 2.06 bits per heavy atom. The number of aromatic amines is 1. The average molecular weight is 457 g/mol. The van der Waals surface area contributed by atoms with E-state index in [4.69, 9.17) is 19.2 Å². The lowest BCUT2D eigenvalue weighted by Crippen LogP contribution is -2.48. The van der Waals surface area contributed by atoms with Crippen LogP contribution in [0, 0.1) is 0 Å². The summed E-state index contributed by atoms with van der Waals surface area (Å²) in [7, 11) is 3.29. The number of nitrogens with one attached hydrogen (secondary N) is 2. The Hall–Kier alpha value is -2.78. The number of thiazole rings is 1. The third-order valence-corrected chi connectivity index (χ3v) is 7.29. The number of amides is 1. The van der Waals surface area contributed by atoms with Crippen LogP contribution in [0.5, 0.6) is 11.5 Å². The normalized spacial score (nSPS) is 20.2. The number of H-pyrrole nitrogens is 1. The lowest BCUT2D eigenvalue weighted by atomic mass is 9.94. The number of carbonyl (C=O) groups is 1. The Labute approximate surface area is 190 Å². The molecule has 0 unspecified atom stereocenters. The highest BCUT2D eigenvalue weighted by Gasteiger charge is 2.35. The zero-order chi connectivity index (χ0) is 22.5. The lowest BCUT2D eigenvalue weighted by molar-refractivity contribution is 0.0900. The number of morpholine rings is 1. The molecule has 9 heteroatoms. The van der Waals surface area contributed by atoms with Crippen LogP contribution in [0.3, 0.4) is 0 Å². The predicted molar refractivity (Wildman–Crippen MR) is 124 cm³/mol. The van der Waals surface area contributed by atoms with Gasteiger partial charge in [-0.25, -0.2) is 4.98 Å². The largest absolute Gasteiger partial charge is 0.493 e. The molecule has 2 aliphatic rings. The Balaban J connectivity index is 1.45. The van der Waals surface area contributed by atoms with Gasteiger partial charge in [0.1, 0.15) is 4.88 Å². The summed E-state index contributed by atoms with van der Waals surface area (Å²) in [5.74, 6) is 1.38. The number of anilines is 1. The number of rotatable bonds is 5. The Kier molecular flexibility index (Phi) is 5.25. The summed E-state index contributed by atoms with van der Waals surface area (Å²) >= 11 is 1.48. The van der Waals surface area contributed by atoms with Crippen molar-refractivity contribution < 1.29 is 19.0 Å². The van der Waals surface area contributed by atoms with Crippen LogP contribution in [-0.2, 0) is 17.6 Å². The minimum absolute atomic E-state index is 0.0255. The molecule has 1 saturated heterocycles. The van der Waals surface area contributed by atoms with Crippen LogP contribution in [0.4, 0.5) is 5.13 Å². The number of ether oxygens (including phenoxy) is 3. The SMILES string of the molecule is COc1cc2[nH]cc(C[C@H]3COCCN3c3nc4c(s3)C(=O)NC(C)(C)C4)c2cc1OC. The average Bonchev–Trinajstić information content (AvgIpc) is 3.36. The summed E-state index contributed by atoms with van der Waals surface area (Å²) in [5.41, 5.74) is 2.81. The van der Waals surface area contributed by atoms with E-state index in [2.05, 4.69) is 15.2 Å². The molecule has 1 atom stereocenters. The van der Waals surface area contributed by atoms with Crippen molar-refractivity contribution in [3.05, 3.63) is 34.5 Å². The quantitative estimate of drug-likeness (QED) is 0.613. The maximum absolute atomic E-state index is 12.6. The van der Waals surface area contributed by atoms with Gasteiger partial charge in [0.15, 0.2) is 16.6 Å². The number of carbonyl (C=O) groups excluding carboxylic acids is 1. The van der Waals surface area contributed by atoms with Crippen molar-refractivity contribution in [2.45, 2.75) is 38.3 Å². The third-order valence-electron chi connectivity index (χ3n) is 6.15. The number of methoxy groups -OCH3 is 2. The molecule has 4 heterocycles.